The Morgan fingerprint density at radius 2 is 2.23 bits per heavy atom. The summed E-state index contributed by atoms with van der Waals surface area (Å²) in [5.41, 5.74) is 1.11. The van der Waals surface area contributed by atoms with Crippen LogP contribution in [-0.4, -0.2) is 28.9 Å². The summed E-state index contributed by atoms with van der Waals surface area (Å²) in [6.45, 7) is 2.13. The molecule has 1 saturated heterocycles. The van der Waals surface area contributed by atoms with E-state index in [4.69, 9.17) is 0 Å². The van der Waals surface area contributed by atoms with E-state index in [0.717, 1.165) is 18.8 Å². The Bertz CT molecular complexity index is 246. The second kappa shape index (κ2) is 5.32. The van der Waals surface area contributed by atoms with Crippen LogP contribution in [0.4, 0.5) is 5.69 Å². The van der Waals surface area contributed by atoms with Crippen LogP contribution >= 0.6 is 24.8 Å². The molecule has 0 aromatic carbocycles. The van der Waals surface area contributed by atoms with Gasteiger partial charge >= 0.3 is 0 Å². The van der Waals surface area contributed by atoms with Crippen LogP contribution in [-0.2, 0) is 7.05 Å². The zero-order valence-corrected chi connectivity index (χ0v) is 8.99. The Hall–Kier alpha value is -0.450. The minimum atomic E-state index is 0. The monoisotopic (exact) mass is 224 g/mol. The van der Waals surface area contributed by atoms with Crippen LogP contribution < -0.4 is 10.6 Å². The average molecular weight is 225 g/mol. The van der Waals surface area contributed by atoms with Gasteiger partial charge in [-0.05, 0) is 0 Å². The molecule has 2 N–H and O–H groups in total. The number of halogens is 2. The maximum Gasteiger partial charge on any atom is 0.0729 e. The molecule has 1 aliphatic rings. The SMILES string of the molecule is Cl.Cl.Cn1cc(NC2CNC2)cn1. The second-order valence-corrected chi connectivity index (χ2v) is 2.90. The molecule has 1 aliphatic heterocycles. The summed E-state index contributed by atoms with van der Waals surface area (Å²) in [6, 6.07) is 0.596. The molecule has 0 amide bonds. The van der Waals surface area contributed by atoms with Crippen molar-refractivity contribution in [1.29, 1.82) is 0 Å². The van der Waals surface area contributed by atoms with Crippen molar-refractivity contribution in [1.82, 2.24) is 15.1 Å². The number of aryl methyl sites for hydroxylation is 1. The largest absolute Gasteiger partial charge is 0.377 e. The van der Waals surface area contributed by atoms with E-state index >= 15 is 0 Å². The lowest BCUT2D eigenvalue weighted by Gasteiger charge is -2.28. The Kier molecular flexibility index (Phi) is 5.13. The van der Waals surface area contributed by atoms with Crippen molar-refractivity contribution in [3.63, 3.8) is 0 Å². The van der Waals surface area contributed by atoms with Gasteiger partial charge in [-0.15, -0.1) is 24.8 Å². The first-order valence-electron chi connectivity index (χ1n) is 3.80. The van der Waals surface area contributed by atoms with E-state index in [2.05, 4.69) is 15.7 Å². The normalized spacial score (nSPS) is 15.2. The molecular weight excluding hydrogens is 211 g/mol. The van der Waals surface area contributed by atoms with Crippen molar-refractivity contribution in [3.8, 4) is 0 Å². The van der Waals surface area contributed by atoms with E-state index < -0.39 is 0 Å². The lowest BCUT2D eigenvalue weighted by molar-refractivity contribution is 0.472. The maximum atomic E-state index is 4.06. The maximum absolute atomic E-state index is 4.06. The lowest BCUT2D eigenvalue weighted by atomic mass is 10.2. The number of hydrogen-bond acceptors (Lipinski definition) is 3. The molecular formula is C7H14Cl2N4. The van der Waals surface area contributed by atoms with Crippen LogP contribution in [0, 0.1) is 0 Å². The summed E-state index contributed by atoms with van der Waals surface area (Å²) in [4.78, 5) is 0. The van der Waals surface area contributed by atoms with E-state index in [1.165, 1.54) is 0 Å². The van der Waals surface area contributed by atoms with Crippen molar-refractivity contribution < 1.29 is 0 Å². The van der Waals surface area contributed by atoms with Gasteiger partial charge in [-0.25, -0.2) is 0 Å². The number of rotatable bonds is 2. The van der Waals surface area contributed by atoms with E-state index in [1.807, 2.05) is 19.4 Å². The van der Waals surface area contributed by atoms with Crippen molar-refractivity contribution in [3.05, 3.63) is 12.4 Å². The Labute approximate surface area is 89.9 Å². The number of nitrogens with one attached hydrogen (secondary N) is 2. The van der Waals surface area contributed by atoms with E-state index in [1.54, 1.807) is 4.68 Å². The predicted molar refractivity (Wildman–Crippen MR) is 58.0 cm³/mol. The zero-order chi connectivity index (χ0) is 7.68. The molecule has 1 aromatic heterocycles. The highest BCUT2D eigenvalue weighted by Crippen LogP contribution is 2.07. The molecule has 6 heteroatoms. The summed E-state index contributed by atoms with van der Waals surface area (Å²) >= 11 is 0. The molecule has 13 heavy (non-hydrogen) atoms. The summed E-state index contributed by atoms with van der Waals surface area (Å²) in [5.74, 6) is 0. The van der Waals surface area contributed by atoms with Crippen LogP contribution in [0.25, 0.3) is 0 Å². The summed E-state index contributed by atoms with van der Waals surface area (Å²) < 4.78 is 1.80. The van der Waals surface area contributed by atoms with E-state index in [9.17, 15) is 0 Å². The topological polar surface area (TPSA) is 41.9 Å². The summed E-state index contributed by atoms with van der Waals surface area (Å²) in [5, 5.41) is 10.6. The Morgan fingerprint density at radius 1 is 1.54 bits per heavy atom. The van der Waals surface area contributed by atoms with Crippen molar-refractivity contribution in [2.45, 2.75) is 6.04 Å². The third-order valence-corrected chi connectivity index (χ3v) is 1.86. The minimum Gasteiger partial charge on any atom is -0.377 e. The van der Waals surface area contributed by atoms with E-state index in [-0.39, 0.29) is 24.8 Å². The third kappa shape index (κ3) is 3.06. The second-order valence-electron chi connectivity index (χ2n) is 2.90. The first kappa shape index (κ1) is 12.6. The van der Waals surface area contributed by atoms with Crippen molar-refractivity contribution in [2.24, 2.45) is 7.05 Å². The first-order chi connectivity index (χ1) is 5.34. The van der Waals surface area contributed by atoms with Crippen LogP contribution in [0.15, 0.2) is 12.4 Å². The van der Waals surface area contributed by atoms with Gasteiger partial charge in [0.25, 0.3) is 0 Å². The van der Waals surface area contributed by atoms with Crippen LogP contribution in [0.5, 0.6) is 0 Å². The van der Waals surface area contributed by atoms with Gasteiger partial charge in [-0.2, -0.15) is 5.10 Å². The highest BCUT2D eigenvalue weighted by atomic mass is 35.5. The molecule has 76 valence electrons. The van der Waals surface area contributed by atoms with Crippen LogP contribution in [0.1, 0.15) is 0 Å². The molecule has 2 rings (SSSR count). The molecule has 1 aromatic rings. The summed E-state index contributed by atoms with van der Waals surface area (Å²) in [6.07, 6.45) is 3.83. The molecule has 0 aliphatic carbocycles. The van der Waals surface area contributed by atoms with Gasteiger partial charge in [0, 0.05) is 26.3 Å². The molecule has 0 unspecified atom stereocenters. The molecule has 2 heterocycles. The van der Waals surface area contributed by atoms with Gasteiger partial charge in [0.2, 0.25) is 0 Å². The van der Waals surface area contributed by atoms with Crippen LogP contribution in [0.2, 0.25) is 0 Å². The van der Waals surface area contributed by atoms with E-state index in [0.29, 0.717) is 6.04 Å². The third-order valence-electron chi connectivity index (χ3n) is 1.86. The van der Waals surface area contributed by atoms with Gasteiger partial charge in [0.05, 0.1) is 17.9 Å². The quantitative estimate of drug-likeness (QED) is 0.776. The molecule has 0 spiro atoms. The molecule has 0 bridgehead atoms. The zero-order valence-electron chi connectivity index (χ0n) is 7.36. The average Bonchev–Trinajstić information content (AvgIpc) is 2.27. The molecule has 4 nitrogen and oxygen atoms in total. The fourth-order valence-corrected chi connectivity index (χ4v) is 1.12. The van der Waals surface area contributed by atoms with Gasteiger partial charge in [-0.1, -0.05) is 0 Å². The van der Waals surface area contributed by atoms with Gasteiger partial charge in [-0.3, -0.25) is 4.68 Å². The Morgan fingerprint density at radius 3 is 2.62 bits per heavy atom. The molecule has 0 saturated carbocycles. The standard InChI is InChI=1S/C7H12N4.2ClH/c1-11-5-7(4-9-11)10-6-2-8-3-6;;/h4-6,8,10H,2-3H2,1H3;2*1H. The lowest BCUT2D eigenvalue weighted by Crippen LogP contribution is -2.51. The fraction of sp³-hybridized carbons (Fsp3) is 0.571. The number of nitrogens with zero attached hydrogens (tertiary/aromatic N) is 2. The fourth-order valence-electron chi connectivity index (χ4n) is 1.12. The first-order valence-corrected chi connectivity index (χ1v) is 3.80. The molecule has 1 fully saturated rings. The highest BCUT2D eigenvalue weighted by molar-refractivity contribution is 5.85. The molecule has 0 atom stereocenters. The Balaban J connectivity index is 0.000000720. The predicted octanol–water partition coefficient (Wildman–Crippen LogP) is 0.647. The van der Waals surface area contributed by atoms with Crippen molar-refractivity contribution in [2.75, 3.05) is 18.4 Å². The van der Waals surface area contributed by atoms with Gasteiger partial charge in [0.1, 0.15) is 0 Å². The number of hydrogen-bond donors (Lipinski definition) is 2. The minimum absolute atomic E-state index is 0. The van der Waals surface area contributed by atoms with Gasteiger partial charge in [0.15, 0.2) is 0 Å². The number of anilines is 1. The number of aromatic nitrogens is 2. The van der Waals surface area contributed by atoms with Crippen molar-refractivity contribution >= 4 is 30.5 Å². The molecule has 0 radical (unpaired) electrons. The summed E-state index contributed by atoms with van der Waals surface area (Å²) in [7, 11) is 1.92. The van der Waals surface area contributed by atoms with Crippen LogP contribution in [0.3, 0.4) is 0 Å². The smallest absolute Gasteiger partial charge is 0.0729 e. The highest BCUT2D eigenvalue weighted by Gasteiger charge is 2.15. The van der Waals surface area contributed by atoms with Gasteiger partial charge < -0.3 is 10.6 Å².